The minimum absolute atomic E-state index is 0.319. The van der Waals surface area contributed by atoms with E-state index in [-0.39, 0.29) is 6.54 Å². The van der Waals surface area contributed by atoms with Crippen LogP contribution in [0, 0.1) is 0 Å². The minimum atomic E-state index is -2.36. The second-order valence-corrected chi connectivity index (χ2v) is 3.89. The number of benzene rings is 1. The summed E-state index contributed by atoms with van der Waals surface area (Å²) in [4.78, 5) is 1.44. The lowest BCUT2D eigenvalue weighted by atomic mass is 10.2. The highest BCUT2D eigenvalue weighted by atomic mass is 79.9. The van der Waals surface area contributed by atoms with E-state index in [1.165, 1.54) is 4.90 Å². The van der Waals surface area contributed by atoms with Crippen LogP contribution in [0.4, 0.5) is 20.2 Å². The van der Waals surface area contributed by atoms with Crippen molar-refractivity contribution in [3.8, 4) is 0 Å². The summed E-state index contributed by atoms with van der Waals surface area (Å²) in [5, 5.41) is 0. The Morgan fingerprint density at radius 2 is 2.14 bits per heavy atom. The van der Waals surface area contributed by atoms with E-state index >= 15 is 0 Å². The maximum atomic E-state index is 12.1. The van der Waals surface area contributed by atoms with Crippen molar-refractivity contribution in [2.75, 3.05) is 24.2 Å². The number of hydrogen-bond acceptors (Lipinski definition) is 2. The number of anilines is 2. The first-order valence-corrected chi connectivity index (χ1v) is 4.84. The average molecular weight is 265 g/mol. The van der Waals surface area contributed by atoms with E-state index in [0.29, 0.717) is 11.4 Å². The minimum Gasteiger partial charge on any atom is -0.397 e. The molecular weight excluding hydrogens is 254 g/mol. The Labute approximate surface area is 89.8 Å². The van der Waals surface area contributed by atoms with Gasteiger partial charge in [0.1, 0.15) is 0 Å². The number of alkyl halides is 2. The molecule has 78 valence electrons. The molecule has 2 nitrogen and oxygen atoms in total. The van der Waals surface area contributed by atoms with Crippen molar-refractivity contribution >= 4 is 27.3 Å². The van der Waals surface area contributed by atoms with Crippen LogP contribution in [0.15, 0.2) is 22.7 Å². The summed E-state index contributed by atoms with van der Waals surface area (Å²) < 4.78 is 25.0. The zero-order valence-corrected chi connectivity index (χ0v) is 9.26. The van der Waals surface area contributed by atoms with E-state index in [4.69, 9.17) is 5.73 Å². The van der Waals surface area contributed by atoms with Gasteiger partial charge >= 0.3 is 0 Å². The Morgan fingerprint density at radius 1 is 1.50 bits per heavy atom. The van der Waals surface area contributed by atoms with Gasteiger partial charge < -0.3 is 10.6 Å². The van der Waals surface area contributed by atoms with Gasteiger partial charge in [0.05, 0.1) is 17.9 Å². The third-order valence-corrected chi connectivity index (χ3v) is 2.31. The van der Waals surface area contributed by atoms with Gasteiger partial charge in [-0.25, -0.2) is 8.78 Å². The molecule has 0 saturated heterocycles. The first-order valence-electron chi connectivity index (χ1n) is 4.05. The van der Waals surface area contributed by atoms with E-state index < -0.39 is 6.43 Å². The fourth-order valence-electron chi connectivity index (χ4n) is 1.15. The highest BCUT2D eigenvalue weighted by molar-refractivity contribution is 9.10. The second kappa shape index (κ2) is 4.59. The van der Waals surface area contributed by atoms with Gasteiger partial charge in [-0.3, -0.25) is 0 Å². The summed E-state index contributed by atoms with van der Waals surface area (Å²) >= 11 is 3.26. The number of nitrogens with zero attached hydrogens (tertiary/aromatic N) is 1. The fourth-order valence-corrected chi connectivity index (χ4v) is 1.50. The molecule has 0 aromatic heterocycles. The molecule has 0 aliphatic heterocycles. The van der Waals surface area contributed by atoms with Crippen LogP contribution < -0.4 is 10.6 Å². The third kappa shape index (κ3) is 2.83. The molecule has 0 saturated carbocycles. The maximum absolute atomic E-state index is 12.1. The standard InChI is InChI=1S/C9H11BrF2N2/c1-14(5-9(11)12)8-4-6(10)2-3-7(8)13/h2-4,9H,5,13H2,1H3. The molecule has 0 unspecified atom stereocenters. The molecule has 2 N–H and O–H groups in total. The Kier molecular flexibility index (Phi) is 3.69. The summed E-state index contributed by atoms with van der Waals surface area (Å²) in [5.74, 6) is 0. The molecule has 0 amide bonds. The highest BCUT2D eigenvalue weighted by Gasteiger charge is 2.11. The molecule has 0 heterocycles. The Morgan fingerprint density at radius 3 is 2.71 bits per heavy atom. The van der Waals surface area contributed by atoms with Gasteiger partial charge in [-0.2, -0.15) is 0 Å². The maximum Gasteiger partial charge on any atom is 0.255 e. The molecule has 0 bridgehead atoms. The van der Waals surface area contributed by atoms with Crippen LogP contribution >= 0.6 is 15.9 Å². The van der Waals surface area contributed by atoms with E-state index in [0.717, 1.165) is 4.47 Å². The number of nitrogens with two attached hydrogens (primary N) is 1. The van der Waals surface area contributed by atoms with Gasteiger partial charge in [-0.05, 0) is 18.2 Å². The number of rotatable bonds is 3. The van der Waals surface area contributed by atoms with Crippen LogP contribution in [0.5, 0.6) is 0 Å². The normalized spacial score (nSPS) is 10.6. The smallest absolute Gasteiger partial charge is 0.255 e. The Hall–Kier alpha value is -0.840. The van der Waals surface area contributed by atoms with Gasteiger partial charge in [0, 0.05) is 11.5 Å². The van der Waals surface area contributed by atoms with Crippen LogP contribution in [0.1, 0.15) is 0 Å². The Bertz CT molecular complexity index is 318. The van der Waals surface area contributed by atoms with Crippen molar-refractivity contribution in [1.29, 1.82) is 0 Å². The second-order valence-electron chi connectivity index (χ2n) is 2.97. The van der Waals surface area contributed by atoms with Gasteiger partial charge in [-0.1, -0.05) is 15.9 Å². The summed E-state index contributed by atoms with van der Waals surface area (Å²) in [6.07, 6.45) is -2.36. The number of hydrogen-bond donors (Lipinski definition) is 1. The summed E-state index contributed by atoms with van der Waals surface area (Å²) in [6, 6.07) is 5.17. The molecule has 0 spiro atoms. The molecule has 0 radical (unpaired) electrons. The zero-order valence-electron chi connectivity index (χ0n) is 7.67. The van der Waals surface area contributed by atoms with Crippen molar-refractivity contribution in [3.63, 3.8) is 0 Å². The predicted octanol–water partition coefficient (Wildman–Crippen LogP) is 2.73. The van der Waals surface area contributed by atoms with Crippen molar-refractivity contribution < 1.29 is 8.78 Å². The molecular formula is C9H11BrF2N2. The first kappa shape index (κ1) is 11.2. The molecule has 1 aromatic rings. The quantitative estimate of drug-likeness (QED) is 0.851. The largest absolute Gasteiger partial charge is 0.397 e. The van der Waals surface area contributed by atoms with Gasteiger partial charge in [0.15, 0.2) is 0 Å². The molecule has 0 aliphatic rings. The molecule has 5 heteroatoms. The van der Waals surface area contributed by atoms with Gasteiger partial charge in [0.2, 0.25) is 0 Å². The monoisotopic (exact) mass is 264 g/mol. The third-order valence-electron chi connectivity index (χ3n) is 1.82. The zero-order chi connectivity index (χ0) is 10.7. The van der Waals surface area contributed by atoms with E-state index in [1.54, 1.807) is 25.2 Å². The van der Waals surface area contributed by atoms with E-state index in [9.17, 15) is 8.78 Å². The lowest BCUT2D eigenvalue weighted by molar-refractivity contribution is 0.156. The van der Waals surface area contributed by atoms with Crippen LogP contribution in [0.25, 0.3) is 0 Å². The average Bonchev–Trinajstić information content (AvgIpc) is 2.08. The van der Waals surface area contributed by atoms with Crippen LogP contribution in [0.2, 0.25) is 0 Å². The molecule has 0 atom stereocenters. The summed E-state index contributed by atoms with van der Waals surface area (Å²) in [6.45, 7) is -0.319. The molecule has 1 aromatic carbocycles. The van der Waals surface area contributed by atoms with Gasteiger partial charge in [-0.15, -0.1) is 0 Å². The van der Waals surface area contributed by atoms with Crippen LogP contribution in [-0.2, 0) is 0 Å². The van der Waals surface area contributed by atoms with Crippen molar-refractivity contribution in [1.82, 2.24) is 0 Å². The lowest BCUT2D eigenvalue weighted by Gasteiger charge is -2.20. The number of halogens is 3. The predicted molar refractivity (Wildman–Crippen MR) is 57.8 cm³/mol. The topological polar surface area (TPSA) is 29.3 Å². The van der Waals surface area contributed by atoms with Crippen molar-refractivity contribution in [2.45, 2.75) is 6.43 Å². The first-order chi connectivity index (χ1) is 6.50. The van der Waals surface area contributed by atoms with Crippen molar-refractivity contribution in [2.24, 2.45) is 0 Å². The van der Waals surface area contributed by atoms with Crippen LogP contribution in [-0.4, -0.2) is 20.0 Å². The molecule has 0 aliphatic carbocycles. The molecule has 0 fully saturated rings. The Balaban J connectivity index is 2.88. The SMILES string of the molecule is CN(CC(F)F)c1cc(Br)ccc1N. The van der Waals surface area contributed by atoms with Gasteiger partial charge in [0.25, 0.3) is 6.43 Å². The summed E-state index contributed by atoms with van der Waals surface area (Å²) in [7, 11) is 1.59. The van der Waals surface area contributed by atoms with E-state index in [2.05, 4.69) is 15.9 Å². The van der Waals surface area contributed by atoms with Crippen molar-refractivity contribution in [3.05, 3.63) is 22.7 Å². The highest BCUT2D eigenvalue weighted by Crippen LogP contribution is 2.26. The summed E-state index contributed by atoms with van der Waals surface area (Å²) in [5.41, 5.74) is 6.77. The van der Waals surface area contributed by atoms with Crippen LogP contribution in [0.3, 0.4) is 0 Å². The lowest BCUT2D eigenvalue weighted by Crippen LogP contribution is -2.24. The molecule has 14 heavy (non-hydrogen) atoms. The number of nitrogen functional groups attached to an aromatic ring is 1. The fraction of sp³-hybridized carbons (Fsp3) is 0.333. The van der Waals surface area contributed by atoms with E-state index in [1.807, 2.05) is 0 Å². The molecule has 1 rings (SSSR count).